The van der Waals surface area contributed by atoms with Gasteiger partial charge in [0.25, 0.3) is 0 Å². The van der Waals surface area contributed by atoms with E-state index in [9.17, 15) is 24.9 Å². The third-order valence-electron chi connectivity index (χ3n) is 4.95. The topological polar surface area (TPSA) is 101 Å². The molecule has 0 heterocycles. The summed E-state index contributed by atoms with van der Waals surface area (Å²) in [5, 5.41) is 30.3. The minimum atomic E-state index is -1.15. The molecule has 0 bridgehead atoms. The third kappa shape index (κ3) is 3.66. The van der Waals surface area contributed by atoms with Gasteiger partial charge in [0.2, 0.25) is 0 Å². The fourth-order valence-electron chi connectivity index (χ4n) is 3.47. The number of carboxylic acids is 2. The highest BCUT2D eigenvalue weighted by atomic mass is 16.4. The molecule has 0 aliphatic heterocycles. The fourth-order valence-corrected chi connectivity index (χ4v) is 3.47. The van der Waals surface area contributed by atoms with Gasteiger partial charge in [-0.1, -0.05) is 12.1 Å². The average Bonchev–Trinajstić information content (AvgIpc) is 2.59. The molecular formula is C21H26N2O5. The van der Waals surface area contributed by atoms with Crippen LogP contribution in [0.3, 0.4) is 0 Å². The summed E-state index contributed by atoms with van der Waals surface area (Å²) in [7, 11) is 7.00. The molecule has 28 heavy (non-hydrogen) atoms. The predicted octanol–water partition coefficient (Wildman–Crippen LogP) is 2.91. The van der Waals surface area contributed by atoms with Crippen molar-refractivity contribution in [2.24, 2.45) is 0 Å². The lowest BCUT2D eigenvalue weighted by Crippen LogP contribution is -2.18. The van der Waals surface area contributed by atoms with Gasteiger partial charge in [0.15, 0.2) is 0 Å². The van der Waals surface area contributed by atoms with Gasteiger partial charge in [-0.25, -0.2) is 9.59 Å². The minimum Gasteiger partial charge on any atom is -0.478 e. The maximum atomic E-state index is 11.8. The molecule has 0 saturated carbocycles. The van der Waals surface area contributed by atoms with Crippen molar-refractivity contribution in [1.29, 1.82) is 0 Å². The van der Waals surface area contributed by atoms with Crippen molar-refractivity contribution in [3.63, 3.8) is 0 Å². The standard InChI is InChI=1S/C21H26N2O5/c1-11-13(7-9-15(22(3)4)17(11)20(25)26)19(24)14-8-10-16(23(5)6)18(12(14)2)21(27)28/h7-10,19,24H,1-6H3,(H,25,26)(H,27,28). The molecule has 7 heteroatoms. The van der Waals surface area contributed by atoms with Crippen molar-refractivity contribution >= 4 is 23.3 Å². The predicted molar refractivity (Wildman–Crippen MR) is 109 cm³/mol. The molecule has 0 saturated heterocycles. The SMILES string of the molecule is Cc1c(C(O)c2ccc(N(C)C)c(C(=O)O)c2C)ccc(N(C)C)c1C(=O)O. The molecule has 0 aliphatic rings. The second-order valence-corrected chi connectivity index (χ2v) is 7.15. The zero-order valence-electron chi connectivity index (χ0n) is 16.9. The molecule has 2 rings (SSSR count). The number of carbonyl (C=O) groups is 2. The number of benzene rings is 2. The van der Waals surface area contributed by atoms with E-state index in [2.05, 4.69) is 0 Å². The van der Waals surface area contributed by atoms with E-state index >= 15 is 0 Å². The summed E-state index contributed by atoms with van der Waals surface area (Å²) < 4.78 is 0. The Morgan fingerprint density at radius 3 is 1.32 bits per heavy atom. The molecular weight excluding hydrogens is 360 g/mol. The monoisotopic (exact) mass is 386 g/mol. The number of aromatic carboxylic acids is 2. The number of rotatable bonds is 6. The Morgan fingerprint density at radius 2 is 1.07 bits per heavy atom. The molecule has 0 aliphatic carbocycles. The summed E-state index contributed by atoms with van der Waals surface area (Å²) in [6.07, 6.45) is -1.15. The van der Waals surface area contributed by atoms with E-state index in [4.69, 9.17) is 0 Å². The molecule has 3 N–H and O–H groups in total. The molecule has 0 spiro atoms. The number of hydrogen-bond donors (Lipinski definition) is 3. The summed E-state index contributed by atoms with van der Waals surface area (Å²) in [5.74, 6) is -2.16. The molecule has 2 aromatic rings. The van der Waals surface area contributed by atoms with E-state index in [1.807, 2.05) is 0 Å². The van der Waals surface area contributed by atoms with E-state index in [1.165, 1.54) is 0 Å². The van der Waals surface area contributed by atoms with Crippen LogP contribution in [-0.4, -0.2) is 55.4 Å². The summed E-state index contributed by atoms with van der Waals surface area (Å²) in [4.78, 5) is 27.0. The number of nitrogens with zero attached hydrogens (tertiary/aromatic N) is 2. The van der Waals surface area contributed by atoms with Crippen LogP contribution < -0.4 is 9.80 Å². The lowest BCUT2D eigenvalue weighted by molar-refractivity contribution is 0.0686. The number of aliphatic hydroxyl groups excluding tert-OH is 1. The van der Waals surface area contributed by atoms with Crippen molar-refractivity contribution in [2.75, 3.05) is 38.0 Å². The van der Waals surface area contributed by atoms with Gasteiger partial charge in [-0.3, -0.25) is 0 Å². The lowest BCUT2D eigenvalue weighted by atomic mass is 9.89. The van der Waals surface area contributed by atoms with E-state index in [0.717, 1.165) is 0 Å². The Balaban J connectivity index is 2.69. The molecule has 0 atom stereocenters. The molecule has 0 amide bonds. The highest BCUT2D eigenvalue weighted by Crippen LogP contribution is 2.35. The average molecular weight is 386 g/mol. The summed E-state index contributed by atoms with van der Waals surface area (Å²) in [6.45, 7) is 3.30. The summed E-state index contributed by atoms with van der Waals surface area (Å²) in [5.41, 5.74) is 3.04. The van der Waals surface area contributed by atoms with Crippen molar-refractivity contribution < 1.29 is 24.9 Å². The van der Waals surface area contributed by atoms with Crippen LogP contribution in [-0.2, 0) is 0 Å². The van der Waals surface area contributed by atoms with Crippen LogP contribution in [0.1, 0.15) is 49.1 Å². The Labute approximate surface area is 164 Å². The van der Waals surface area contributed by atoms with Crippen LogP contribution in [0.15, 0.2) is 24.3 Å². The quantitative estimate of drug-likeness (QED) is 0.702. The Morgan fingerprint density at radius 1 is 0.750 bits per heavy atom. The Kier molecular flexibility index (Phi) is 5.99. The first-order valence-electron chi connectivity index (χ1n) is 8.75. The maximum absolute atomic E-state index is 11.8. The zero-order chi connectivity index (χ0) is 21.3. The number of carboxylic acid groups (broad SMARTS) is 2. The zero-order valence-corrected chi connectivity index (χ0v) is 16.9. The molecule has 0 unspecified atom stereocenters. The molecule has 2 aromatic carbocycles. The van der Waals surface area contributed by atoms with Gasteiger partial charge in [-0.05, 0) is 48.2 Å². The first-order chi connectivity index (χ1) is 13.0. The van der Waals surface area contributed by atoms with Crippen LogP contribution >= 0.6 is 0 Å². The molecule has 7 nitrogen and oxygen atoms in total. The van der Waals surface area contributed by atoms with Gasteiger partial charge in [-0.2, -0.15) is 0 Å². The molecule has 0 aromatic heterocycles. The Hall–Kier alpha value is -3.06. The van der Waals surface area contributed by atoms with E-state index in [0.29, 0.717) is 33.6 Å². The summed E-state index contributed by atoms with van der Waals surface area (Å²) >= 11 is 0. The van der Waals surface area contributed by atoms with Gasteiger partial charge >= 0.3 is 11.9 Å². The van der Waals surface area contributed by atoms with Gasteiger partial charge in [-0.15, -0.1) is 0 Å². The number of anilines is 2. The van der Waals surface area contributed by atoms with Crippen molar-refractivity contribution in [2.45, 2.75) is 20.0 Å². The summed E-state index contributed by atoms with van der Waals surface area (Å²) in [6, 6.07) is 6.66. The van der Waals surface area contributed by atoms with Gasteiger partial charge < -0.3 is 25.1 Å². The van der Waals surface area contributed by atoms with E-state index in [1.54, 1.807) is 76.1 Å². The van der Waals surface area contributed by atoms with E-state index < -0.39 is 18.0 Å². The van der Waals surface area contributed by atoms with Crippen LogP contribution in [0.4, 0.5) is 11.4 Å². The van der Waals surface area contributed by atoms with Gasteiger partial charge in [0.1, 0.15) is 6.10 Å². The first kappa shape index (κ1) is 21.2. The van der Waals surface area contributed by atoms with E-state index in [-0.39, 0.29) is 11.1 Å². The second kappa shape index (κ2) is 7.90. The maximum Gasteiger partial charge on any atom is 0.338 e. The van der Waals surface area contributed by atoms with Crippen molar-refractivity contribution in [3.05, 3.63) is 57.6 Å². The van der Waals surface area contributed by atoms with Crippen molar-refractivity contribution in [1.82, 2.24) is 0 Å². The molecule has 0 radical (unpaired) electrons. The van der Waals surface area contributed by atoms with Crippen LogP contribution in [0.5, 0.6) is 0 Å². The fraction of sp³-hybridized carbons (Fsp3) is 0.333. The van der Waals surface area contributed by atoms with Crippen LogP contribution in [0.2, 0.25) is 0 Å². The second-order valence-electron chi connectivity index (χ2n) is 7.15. The molecule has 0 fully saturated rings. The third-order valence-corrected chi connectivity index (χ3v) is 4.95. The van der Waals surface area contributed by atoms with Gasteiger partial charge in [0, 0.05) is 28.2 Å². The normalized spacial score (nSPS) is 10.9. The first-order valence-corrected chi connectivity index (χ1v) is 8.75. The highest BCUT2D eigenvalue weighted by molar-refractivity contribution is 5.97. The van der Waals surface area contributed by atoms with Crippen molar-refractivity contribution in [3.8, 4) is 0 Å². The largest absolute Gasteiger partial charge is 0.478 e. The number of hydrogen-bond acceptors (Lipinski definition) is 5. The number of aliphatic hydroxyl groups is 1. The lowest BCUT2D eigenvalue weighted by Gasteiger charge is -2.24. The van der Waals surface area contributed by atoms with Crippen LogP contribution in [0.25, 0.3) is 0 Å². The highest BCUT2D eigenvalue weighted by Gasteiger charge is 2.25. The Bertz CT molecular complexity index is 859. The van der Waals surface area contributed by atoms with Crippen LogP contribution in [0, 0.1) is 13.8 Å². The smallest absolute Gasteiger partial charge is 0.338 e. The molecule has 150 valence electrons. The minimum absolute atomic E-state index is 0.113. The van der Waals surface area contributed by atoms with Gasteiger partial charge in [0.05, 0.1) is 22.5 Å².